The number of ether oxygens (including phenoxy) is 1. The van der Waals surface area contributed by atoms with Crippen LogP contribution >= 0.6 is 23.1 Å². The molecule has 1 atom stereocenters. The number of aliphatic imine (C=N–C) groups is 1. The predicted octanol–water partition coefficient (Wildman–Crippen LogP) is 0.976. The summed E-state index contributed by atoms with van der Waals surface area (Å²) in [6.45, 7) is 6.64. The van der Waals surface area contributed by atoms with Crippen molar-refractivity contribution in [1.29, 1.82) is 0 Å². The van der Waals surface area contributed by atoms with Gasteiger partial charge in [0, 0.05) is 36.9 Å². The van der Waals surface area contributed by atoms with Gasteiger partial charge in [-0.2, -0.15) is 11.8 Å². The van der Waals surface area contributed by atoms with Crippen molar-refractivity contribution >= 4 is 51.9 Å². The van der Waals surface area contributed by atoms with Crippen molar-refractivity contribution in [3.63, 3.8) is 0 Å². The van der Waals surface area contributed by atoms with Crippen LogP contribution in [0.1, 0.15) is 27.7 Å². The zero-order valence-electron chi connectivity index (χ0n) is 17.0. The Hall–Kier alpha value is -2.18. The fourth-order valence-electron chi connectivity index (χ4n) is 2.02. The molecule has 1 aromatic heterocycles. The smallest absolute Gasteiger partial charge is 0.329 e. The van der Waals surface area contributed by atoms with E-state index in [4.69, 9.17) is 10.5 Å². The third-order valence-corrected chi connectivity index (χ3v) is 5.40. The molecule has 0 saturated carbocycles. The number of hydrogen-bond acceptors (Lipinski definition) is 10. The fraction of sp³-hybridized carbons (Fsp3) is 0.588. The lowest BCUT2D eigenvalue weighted by Crippen LogP contribution is -2.56. The minimum absolute atomic E-state index is 0.0627. The molecule has 0 aliphatic rings. The van der Waals surface area contributed by atoms with Gasteiger partial charge in [-0.3, -0.25) is 24.3 Å². The van der Waals surface area contributed by atoms with Gasteiger partial charge in [0.15, 0.2) is 5.13 Å². The van der Waals surface area contributed by atoms with Crippen LogP contribution in [0.5, 0.6) is 0 Å². The van der Waals surface area contributed by atoms with Crippen molar-refractivity contribution in [2.75, 3.05) is 36.1 Å². The van der Waals surface area contributed by atoms with Crippen LogP contribution in [0.15, 0.2) is 16.6 Å². The standard InChI is InChI=1S/C17H27N5O5S2/c1-12(21-27-14(3)24)19-5-9-28-11-17(4,18)15(25)22(7-8-26-13(2)23)16-20-6-10-29-16/h6,10H,5,7-9,11,18H2,1-4H3,(H,19,21)/t17-/m0/s1. The summed E-state index contributed by atoms with van der Waals surface area (Å²) in [5.41, 5.74) is 7.57. The lowest BCUT2D eigenvalue weighted by atomic mass is 10.1. The summed E-state index contributed by atoms with van der Waals surface area (Å²) in [5, 5.41) is 2.26. The highest BCUT2D eigenvalue weighted by molar-refractivity contribution is 7.99. The van der Waals surface area contributed by atoms with E-state index < -0.39 is 17.5 Å². The Morgan fingerprint density at radius 1 is 1.34 bits per heavy atom. The Morgan fingerprint density at radius 3 is 2.66 bits per heavy atom. The van der Waals surface area contributed by atoms with E-state index in [0.29, 0.717) is 29.0 Å². The molecular formula is C17H27N5O5S2. The SMILES string of the molecule is CC(=O)OCCN(C(=O)[C@@](C)(N)CSCCN=C(C)NOC(C)=O)c1nccs1. The number of carbonyl (C=O) groups is 3. The number of esters is 1. The van der Waals surface area contributed by atoms with Crippen LogP contribution in [0.4, 0.5) is 5.13 Å². The number of amides is 1. The first-order chi connectivity index (χ1) is 13.6. The number of thiazole rings is 1. The van der Waals surface area contributed by atoms with Crippen LogP contribution in [0, 0.1) is 0 Å². The predicted molar refractivity (Wildman–Crippen MR) is 114 cm³/mol. The van der Waals surface area contributed by atoms with E-state index in [-0.39, 0.29) is 19.1 Å². The number of rotatable bonds is 10. The molecule has 1 amide bonds. The Labute approximate surface area is 178 Å². The van der Waals surface area contributed by atoms with Crippen molar-refractivity contribution in [3.8, 4) is 0 Å². The van der Waals surface area contributed by atoms with Crippen LogP contribution in [-0.4, -0.2) is 65.4 Å². The molecule has 1 aromatic rings. The molecule has 0 radical (unpaired) electrons. The molecule has 1 rings (SSSR count). The van der Waals surface area contributed by atoms with Crippen molar-refractivity contribution in [1.82, 2.24) is 10.5 Å². The molecule has 0 saturated heterocycles. The highest BCUT2D eigenvalue weighted by Gasteiger charge is 2.34. The highest BCUT2D eigenvalue weighted by Crippen LogP contribution is 2.22. The first-order valence-corrected chi connectivity index (χ1v) is 10.8. The highest BCUT2D eigenvalue weighted by atomic mass is 32.2. The summed E-state index contributed by atoms with van der Waals surface area (Å²) in [4.78, 5) is 49.1. The largest absolute Gasteiger partial charge is 0.464 e. The van der Waals surface area contributed by atoms with Crippen molar-refractivity contribution < 1.29 is 24.0 Å². The minimum atomic E-state index is -1.14. The fourth-order valence-corrected chi connectivity index (χ4v) is 3.60. The number of nitrogens with zero attached hydrogens (tertiary/aromatic N) is 3. The Kier molecular flexibility index (Phi) is 10.6. The number of aromatic nitrogens is 1. The molecule has 0 spiro atoms. The Bertz CT molecular complexity index is 709. The first kappa shape index (κ1) is 24.9. The third-order valence-electron chi connectivity index (χ3n) is 3.33. The number of hydroxylamine groups is 1. The number of nitrogens with two attached hydrogens (primary N) is 1. The number of hydrogen-bond donors (Lipinski definition) is 2. The van der Waals surface area contributed by atoms with Crippen LogP contribution in [-0.2, 0) is 24.0 Å². The van der Waals surface area contributed by atoms with Gasteiger partial charge in [-0.05, 0) is 13.8 Å². The van der Waals surface area contributed by atoms with Gasteiger partial charge in [0.05, 0.1) is 13.1 Å². The second kappa shape index (κ2) is 12.4. The quantitative estimate of drug-likeness (QED) is 0.177. The number of thioether (sulfide) groups is 1. The van der Waals surface area contributed by atoms with E-state index in [9.17, 15) is 14.4 Å². The van der Waals surface area contributed by atoms with E-state index >= 15 is 0 Å². The van der Waals surface area contributed by atoms with E-state index in [0.717, 1.165) is 0 Å². The van der Waals surface area contributed by atoms with Crippen molar-refractivity contribution in [3.05, 3.63) is 11.6 Å². The third kappa shape index (κ3) is 9.72. The second-order valence-corrected chi connectivity index (χ2v) is 8.22. The van der Waals surface area contributed by atoms with Crippen LogP contribution in [0.2, 0.25) is 0 Å². The van der Waals surface area contributed by atoms with Crippen LogP contribution in [0.3, 0.4) is 0 Å². The van der Waals surface area contributed by atoms with Crippen LogP contribution < -0.4 is 16.1 Å². The molecular weight excluding hydrogens is 418 g/mol. The molecule has 0 bridgehead atoms. The van der Waals surface area contributed by atoms with Gasteiger partial charge in [-0.15, -0.1) is 11.3 Å². The van der Waals surface area contributed by atoms with Crippen LogP contribution in [0.25, 0.3) is 0 Å². The van der Waals surface area contributed by atoms with Crippen molar-refractivity contribution in [2.24, 2.45) is 10.7 Å². The first-order valence-electron chi connectivity index (χ1n) is 8.79. The molecule has 3 N–H and O–H groups in total. The number of nitrogens with one attached hydrogen (secondary N) is 1. The maximum Gasteiger partial charge on any atom is 0.329 e. The van der Waals surface area contributed by atoms with Gasteiger partial charge in [-0.1, -0.05) is 0 Å². The molecule has 0 aliphatic heterocycles. The maximum atomic E-state index is 13.0. The Morgan fingerprint density at radius 2 is 2.07 bits per heavy atom. The number of carbonyl (C=O) groups excluding carboxylic acids is 3. The van der Waals surface area contributed by atoms with Crippen molar-refractivity contribution in [2.45, 2.75) is 33.2 Å². The zero-order valence-corrected chi connectivity index (χ0v) is 18.6. The van der Waals surface area contributed by atoms with E-state index in [1.807, 2.05) is 0 Å². The number of anilines is 1. The molecule has 1 heterocycles. The molecule has 29 heavy (non-hydrogen) atoms. The molecule has 10 nitrogen and oxygen atoms in total. The van der Waals surface area contributed by atoms with Gasteiger partial charge < -0.3 is 15.3 Å². The lowest BCUT2D eigenvalue weighted by Gasteiger charge is -2.30. The molecule has 12 heteroatoms. The summed E-state index contributed by atoms with van der Waals surface area (Å²) in [6.07, 6.45) is 1.60. The molecule has 0 aliphatic carbocycles. The molecule has 0 fully saturated rings. The van der Waals surface area contributed by atoms with E-state index in [1.54, 1.807) is 25.4 Å². The Balaban J connectivity index is 2.56. The minimum Gasteiger partial charge on any atom is -0.464 e. The monoisotopic (exact) mass is 445 g/mol. The lowest BCUT2D eigenvalue weighted by molar-refractivity contribution is -0.145. The summed E-state index contributed by atoms with van der Waals surface area (Å²) in [5.74, 6) is 0.305. The van der Waals surface area contributed by atoms with Gasteiger partial charge in [0.1, 0.15) is 18.0 Å². The van der Waals surface area contributed by atoms with Gasteiger partial charge in [-0.25, -0.2) is 10.5 Å². The van der Waals surface area contributed by atoms with Gasteiger partial charge >= 0.3 is 11.9 Å². The molecule has 0 unspecified atom stereocenters. The topological polar surface area (TPSA) is 136 Å². The summed E-state index contributed by atoms with van der Waals surface area (Å²) >= 11 is 2.79. The summed E-state index contributed by atoms with van der Waals surface area (Å²) < 4.78 is 4.95. The van der Waals surface area contributed by atoms with Gasteiger partial charge in [0.25, 0.3) is 0 Å². The van der Waals surface area contributed by atoms with E-state index in [2.05, 4.69) is 20.3 Å². The average molecular weight is 446 g/mol. The second-order valence-electron chi connectivity index (χ2n) is 6.24. The maximum absolute atomic E-state index is 13.0. The number of amidine groups is 1. The summed E-state index contributed by atoms with van der Waals surface area (Å²) in [6, 6.07) is 0. The molecule has 162 valence electrons. The molecule has 0 aromatic carbocycles. The average Bonchev–Trinajstić information content (AvgIpc) is 3.16. The van der Waals surface area contributed by atoms with Gasteiger partial charge in [0.2, 0.25) is 5.91 Å². The normalized spacial score (nSPS) is 13.3. The van der Waals surface area contributed by atoms with E-state index in [1.165, 1.54) is 41.8 Å². The zero-order chi connectivity index (χ0) is 21.9. The summed E-state index contributed by atoms with van der Waals surface area (Å²) in [7, 11) is 0.